The number of nitrogens with zero attached hydrogens (tertiary/aromatic N) is 1. The lowest BCUT2D eigenvalue weighted by molar-refractivity contribution is 0.565. The predicted octanol–water partition coefficient (Wildman–Crippen LogP) is 7.39. The van der Waals surface area contributed by atoms with Crippen molar-refractivity contribution in [2.45, 2.75) is 58.4 Å². The van der Waals surface area contributed by atoms with Crippen LogP contribution in [0, 0.1) is 0 Å². The Kier molecular flexibility index (Phi) is 5.43. The Hall–Kier alpha value is -3.00. The maximum Gasteiger partial charge on any atom is 0.0958 e. The average molecular weight is 411 g/mol. The maximum absolute atomic E-state index is 3.68. The van der Waals surface area contributed by atoms with Gasteiger partial charge in [0.2, 0.25) is 0 Å². The summed E-state index contributed by atoms with van der Waals surface area (Å²) in [4.78, 5) is 0. The molecule has 1 aliphatic heterocycles. The Labute approximate surface area is 187 Å². The summed E-state index contributed by atoms with van der Waals surface area (Å²) in [5.41, 5.74) is 11.4. The van der Waals surface area contributed by atoms with Crippen LogP contribution in [0.15, 0.2) is 84.9 Å². The zero-order valence-corrected chi connectivity index (χ0v) is 19.6. The van der Waals surface area contributed by atoms with Crippen molar-refractivity contribution in [1.82, 2.24) is 5.43 Å². The Morgan fingerprint density at radius 3 is 1.71 bits per heavy atom. The average Bonchev–Trinajstić information content (AvgIpc) is 3.19. The number of hydrazine groups is 1. The Balaban J connectivity index is 1.86. The molecule has 0 radical (unpaired) electrons. The molecule has 1 atom stereocenters. The van der Waals surface area contributed by atoms with Crippen molar-refractivity contribution in [2.24, 2.45) is 0 Å². The molecule has 0 fully saturated rings. The highest BCUT2D eigenvalue weighted by Gasteiger charge is 2.30. The lowest BCUT2D eigenvalue weighted by Crippen LogP contribution is -2.34. The second kappa shape index (κ2) is 7.92. The van der Waals surface area contributed by atoms with Gasteiger partial charge in [0.1, 0.15) is 0 Å². The van der Waals surface area contributed by atoms with E-state index in [1.165, 1.54) is 22.3 Å². The minimum atomic E-state index is 0.0889. The van der Waals surface area contributed by atoms with Gasteiger partial charge in [-0.15, -0.1) is 0 Å². The Morgan fingerprint density at radius 2 is 1.19 bits per heavy atom. The van der Waals surface area contributed by atoms with Crippen molar-refractivity contribution in [3.05, 3.63) is 107 Å². The number of anilines is 1. The molecule has 4 rings (SSSR count). The van der Waals surface area contributed by atoms with Gasteiger partial charge >= 0.3 is 0 Å². The summed E-state index contributed by atoms with van der Waals surface area (Å²) in [6.07, 6.45) is 2.36. The molecule has 1 unspecified atom stereocenters. The van der Waals surface area contributed by atoms with Gasteiger partial charge in [0.15, 0.2) is 0 Å². The lowest BCUT2D eigenvalue weighted by atomic mass is 9.79. The highest BCUT2D eigenvalue weighted by Crippen LogP contribution is 2.38. The first-order chi connectivity index (χ1) is 14.6. The van der Waals surface area contributed by atoms with Crippen LogP contribution in [0.5, 0.6) is 0 Å². The SMILES string of the molecule is CC(C)(C)c1cc(C2C=C(c3ccccc3)NN2c2ccccc2)cc(C(C)(C)C)c1. The van der Waals surface area contributed by atoms with Crippen molar-refractivity contribution in [1.29, 1.82) is 0 Å². The smallest absolute Gasteiger partial charge is 0.0958 e. The highest BCUT2D eigenvalue weighted by molar-refractivity contribution is 5.72. The van der Waals surface area contributed by atoms with Crippen LogP contribution in [0.2, 0.25) is 0 Å². The van der Waals surface area contributed by atoms with Gasteiger partial charge in [-0.3, -0.25) is 10.4 Å². The number of hydrogen-bond donors (Lipinski definition) is 1. The zero-order chi connectivity index (χ0) is 22.2. The van der Waals surface area contributed by atoms with E-state index in [9.17, 15) is 0 Å². The van der Waals surface area contributed by atoms with Crippen LogP contribution in [0.1, 0.15) is 69.8 Å². The monoisotopic (exact) mass is 410 g/mol. The summed E-state index contributed by atoms with van der Waals surface area (Å²) < 4.78 is 0. The number of rotatable bonds is 3. The molecule has 31 heavy (non-hydrogen) atoms. The summed E-state index contributed by atoms with van der Waals surface area (Å²) in [6.45, 7) is 13.8. The van der Waals surface area contributed by atoms with Crippen LogP contribution < -0.4 is 10.4 Å². The molecule has 0 aromatic heterocycles. The van der Waals surface area contributed by atoms with Gasteiger partial charge in [0.05, 0.1) is 17.4 Å². The number of nitrogens with one attached hydrogen (secondary N) is 1. The van der Waals surface area contributed by atoms with Crippen molar-refractivity contribution in [3.8, 4) is 0 Å². The van der Waals surface area contributed by atoms with Gasteiger partial charge in [0.25, 0.3) is 0 Å². The molecular weight excluding hydrogens is 376 g/mol. The summed E-state index contributed by atoms with van der Waals surface area (Å²) in [6, 6.07) is 28.5. The molecule has 0 bridgehead atoms. The summed E-state index contributed by atoms with van der Waals surface area (Å²) in [5.74, 6) is 0. The molecule has 2 nitrogen and oxygen atoms in total. The molecule has 0 amide bonds. The van der Waals surface area contributed by atoms with Crippen LogP contribution in [0.4, 0.5) is 5.69 Å². The number of para-hydroxylation sites is 1. The Morgan fingerprint density at radius 1 is 0.677 bits per heavy atom. The van der Waals surface area contributed by atoms with E-state index >= 15 is 0 Å². The summed E-state index contributed by atoms with van der Waals surface area (Å²) in [7, 11) is 0. The third kappa shape index (κ3) is 4.54. The van der Waals surface area contributed by atoms with E-state index in [-0.39, 0.29) is 16.9 Å². The van der Waals surface area contributed by atoms with Crippen LogP contribution in [0.3, 0.4) is 0 Å². The van der Waals surface area contributed by atoms with Crippen molar-refractivity contribution in [3.63, 3.8) is 0 Å². The van der Waals surface area contributed by atoms with E-state index in [4.69, 9.17) is 0 Å². The molecule has 3 aromatic carbocycles. The topological polar surface area (TPSA) is 15.3 Å². The first-order valence-corrected chi connectivity index (χ1v) is 11.2. The third-order valence-electron chi connectivity index (χ3n) is 5.99. The maximum atomic E-state index is 3.68. The molecule has 0 saturated carbocycles. The standard InChI is InChI=1S/C29H34N2/c1-28(2,3)23-17-22(18-24(19-23)29(4,5)6)27-20-26(21-13-9-7-10-14-21)30-31(27)25-15-11-8-12-16-25/h7-20,27,30H,1-6H3. The van der Waals surface area contributed by atoms with Crippen LogP contribution in [-0.2, 0) is 10.8 Å². The van der Waals surface area contributed by atoms with E-state index < -0.39 is 0 Å². The van der Waals surface area contributed by atoms with Gasteiger partial charge in [-0.2, -0.15) is 0 Å². The largest absolute Gasteiger partial charge is 0.297 e. The quantitative estimate of drug-likeness (QED) is 0.484. The number of hydrogen-bond acceptors (Lipinski definition) is 2. The third-order valence-corrected chi connectivity index (χ3v) is 5.99. The minimum absolute atomic E-state index is 0.0889. The fraction of sp³-hybridized carbons (Fsp3) is 0.310. The molecule has 3 aromatic rings. The van der Waals surface area contributed by atoms with Crippen molar-refractivity contribution >= 4 is 11.4 Å². The second-order valence-corrected chi connectivity index (χ2v) is 10.6. The lowest BCUT2D eigenvalue weighted by Gasteiger charge is -2.31. The van der Waals surface area contributed by atoms with E-state index in [1.54, 1.807) is 0 Å². The van der Waals surface area contributed by atoms with E-state index in [2.05, 4.69) is 137 Å². The first-order valence-electron chi connectivity index (χ1n) is 11.2. The van der Waals surface area contributed by atoms with E-state index in [1.807, 2.05) is 0 Å². The minimum Gasteiger partial charge on any atom is -0.297 e. The molecular formula is C29H34N2. The normalized spacial score (nSPS) is 16.8. The summed E-state index contributed by atoms with van der Waals surface area (Å²) in [5, 5.41) is 2.29. The molecule has 0 saturated heterocycles. The van der Waals surface area contributed by atoms with Gasteiger partial charge in [-0.25, -0.2) is 0 Å². The molecule has 0 spiro atoms. The van der Waals surface area contributed by atoms with Gasteiger partial charge in [-0.1, -0.05) is 108 Å². The molecule has 1 heterocycles. The zero-order valence-electron chi connectivity index (χ0n) is 19.6. The predicted molar refractivity (Wildman–Crippen MR) is 133 cm³/mol. The van der Waals surface area contributed by atoms with Crippen molar-refractivity contribution < 1.29 is 0 Å². The van der Waals surface area contributed by atoms with Crippen LogP contribution >= 0.6 is 0 Å². The highest BCUT2D eigenvalue weighted by atomic mass is 15.5. The van der Waals surface area contributed by atoms with Gasteiger partial charge in [0, 0.05) is 0 Å². The van der Waals surface area contributed by atoms with Crippen LogP contribution in [-0.4, -0.2) is 0 Å². The fourth-order valence-electron chi connectivity index (χ4n) is 3.99. The molecule has 1 N–H and O–H groups in total. The summed E-state index contributed by atoms with van der Waals surface area (Å²) >= 11 is 0. The van der Waals surface area contributed by atoms with Gasteiger partial charge < -0.3 is 0 Å². The molecule has 0 aliphatic carbocycles. The number of benzene rings is 3. The van der Waals surface area contributed by atoms with Gasteiger partial charge in [-0.05, 0) is 51.3 Å². The van der Waals surface area contributed by atoms with E-state index in [0.717, 1.165) is 11.4 Å². The Bertz CT molecular complexity index is 1030. The first kappa shape index (κ1) is 21.2. The van der Waals surface area contributed by atoms with E-state index in [0.29, 0.717) is 0 Å². The van der Waals surface area contributed by atoms with Crippen LogP contribution in [0.25, 0.3) is 5.70 Å². The molecule has 1 aliphatic rings. The molecule has 2 heteroatoms. The fourth-order valence-corrected chi connectivity index (χ4v) is 3.99. The molecule has 160 valence electrons. The second-order valence-electron chi connectivity index (χ2n) is 10.6. The van der Waals surface area contributed by atoms with Crippen molar-refractivity contribution in [2.75, 3.05) is 5.01 Å².